The van der Waals surface area contributed by atoms with E-state index in [-0.39, 0.29) is 5.41 Å². The summed E-state index contributed by atoms with van der Waals surface area (Å²) in [4.78, 5) is 4.99. The normalized spacial score (nSPS) is 11.5. The van der Waals surface area contributed by atoms with E-state index in [1.165, 1.54) is 0 Å². The van der Waals surface area contributed by atoms with Crippen molar-refractivity contribution in [3.63, 3.8) is 0 Å². The molecule has 1 aromatic carbocycles. The topological polar surface area (TPSA) is 50.9 Å². The second-order valence-electron chi connectivity index (χ2n) is 5.86. The number of thiocarbonyl (C=S) groups is 1. The summed E-state index contributed by atoms with van der Waals surface area (Å²) < 4.78 is 0. The van der Waals surface area contributed by atoms with Gasteiger partial charge in [0.1, 0.15) is 10.8 Å². The number of hydrogen-bond donors (Lipinski definition) is 2. The lowest BCUT2D eigenvalue weighted by molar-refractivity contribution is 0.442. The Bertz CT molecular complexity index is 614. The largest absolute Gasteiger partial charge is 0.389 e. The minimum Gasteiger partial charge on any atom is -0.389 e. The molecule has 0 spiro atoms. The highest BCUT2D eigenvalue weighted by molar-refractivity contribution is 7.80. The summed E-state index contributed by atoms with van der Waals surface area (Å²) in [7, 11) is 0. The Morgan fingerprint density at radius 2 is 2.00 bits per heavy atom. The molecule has 2 aromatic rings. The fourth-order valence-corrected chi connectivity index (χ4v) is 1.94. The number of benzene rings is 1. The molecule has 1 heterocycles. The van der Waals surface area contributed by atoms with Crippen molar-refractivity contribution < 1.29 is 0 Å². The number of nitrogens with zero attached hydrogens (tertiary/aromatic N) is 1. The highest BCUT2D eigenvalue weighted by Crippen LogP contribution is 2.22. The lowest BCUT2D eigenvalue weighted by Crippen LogP contribution is -2.22. The Kier molecular flexibility index (Phi) is 3.71. The average Bonchev–Trinajstić information content (AvgIpc) is 2.34. The van der Waals surface area contributed by atoms with Gasteiger partial charge in [0.25, 0.3) is 0 Å². The van der Waals surface area contributed by atoms with Crippen LogP contribution >= 0.6 is 12.2 Å². The fourth-order valence-electron chi connectivity index (χ4n) is 1.79. The van der Waals surface area contributed by atoms with Crippen LogP contribution in [0.5, 0.6) is 0 Å². The molecule has 0 saturated carbocycles. The molecule has 2 rings (SSSR count). The van der Waals surface area contributed by atoms with E-state index < -0.39 is 0 Å². The molecule has 100 valence electrons. The van der Waals surface area contributed by atoms with Crippen LogP contribution < -0.4 is 11.1 Å². The molecule has 0 atom stereocenters. The summed E-state index contributed by atoms with van der Waals surface area (Å²) in [5.41, 5.74) is 7.71. The zero-order chi connectivity index (χ0) is 14.0. The maximum atomic E-state index is 5.80. The second kappa shape index (κ2) is 5.13. The predicted molar refractivity (Wildman–Crippen MR) is 85.6 cm³/mol. The molecular formula is C15H19N3S. The molecule has 0 radical (unpaired) electrons. The van der Waals surface area contributed by atoms with Crippen LogP contribution in [0.1, 0.15) is 26.3 Å². The van der Waals surface area contributed by atoms with Crippen LogP contribution in [0.4, 0.5) is 5.82 Å². The third-order valence-electron chi connectivity index (χ3n) is 2.78. The lowest BCUT2D eigenvalue weighted by Gasteiger charge is -2.20. The van der Waals surface area contributed by atoms with Crippen LogP contribution in [0.25, 0.3) is 10.9 Å². The first-order chi connectivity index (χ1) is 8.87. The van der Waals surface area contributed by atoms with Crippen molar-refractivity contribution in [1.29, 1.82) is 0 Å². The van der Waals surface area contributed by atoms with Crippen molar-refractivity contribution >= 4 is 33.9 Å². The number of aromatic nitrogens is 1. The van der Waals surface area contributed by atoms with Gasteiger partial charge in [-0.2, -0.15) is 0 Å². The molecule has 3 N–H and O–H groups in total. The highest BCUT2D eigenvalue weighted by Gasteiger charge is 2.13. The fraction of sp³-hybridized carbons (Fsp3) is 0.333. The third kappa shape index (κ3) is 3.41. The van der Waals surface area contributed by atoms with E-state index in [2.05, 4.69) is 31.1 Å². The van der Waals surface area contributed by atoms with Crippen LogP contribution in [0.3, 0.4) is 0 Å². The van der Waals surface area contributed by atoms with Crippen molar-refractivity contribution in [2.24, 2.45) is 11.1 Å². The lowest BCUT2D eigenvalue weighted by atomic mass is 9.97. The van der Waals surface area contributed by atoms with Crippen molar-refractivity contribution in [3.8, 4) is 0 Å². The van der Waals surface area contributed by atoms with Crippen LogP contribution in [0, 0.1) is 5.41 Å². The molecule has 4 heteroatoms. The van der Waals surface area contributed by atoms with Crippen molar-refractivity contribution in [1.82, 2.24) is 4.98 Å². The number of nitrogens with one attached hydrogen (secondary N) is 1. The Morgan fingerprint density at radius 3 is 2.63 bits per heavy atom. The van der Waals surface area contributed by atoms with Gasteiger partial charge in [-0.1, -0.05) is 51.2 Å². The third-order valence-corrected chi connectivity index (χ3v) is 3.00. The van der Waals surface area contributed by atoms with Gasteiger partial charge in [-0.25, -0.2) is 4.98 Å². The number of pyridine rings is 1. The number of anilines is 1. The second-order valence-corrected chi connectivity index (χ2v) is 6.30. The standard InChI is InChI=1S/C15H19N3S/c1-15(2,3)9-17-14-11(13(16)19)8-10-6-4-5-7-12(10)18-14/h4-8H,9H2,1-3H3,(H2,16,19)(H,17,18). The zero-order valence-electron chi connectivity index (χ0n) is 11.5. The number of nitrogens with two attached hydrogens (primary N) is 1. The van der Waals surface area contributed by atoms with Gasteiger partial charge in [0.05, 0.1) is 11.1 Å². The van der Waals surface area contributed by atoms with Gasteiger partial charge in [0.2, 0.25) is 0 Å². The van der Waals surface area contributed by atoms with Crippen LogP contribution in [-0.4, -0.2) is 16.5 Å². The first kappa shape index (κ1) is 13.7. The molecule has 19 heavy (non-hydrogen) atoms. The predicted octanol–water partition coefficient (Wildman–Crippen LogP) is 3.33. The Hall–Kier alpha value is -1.68. The molecule has 0 saturated heterocycles. The highest BCUT2D eigenvalue weighted by atomic mass is 32.1. The van der Waals surface area contributed by atoms with E-state index >= 15 is 0 Å². The molecule has 0 unspecified atom stereocenters. The smallest absolute Gasteiger partial charge is 0.136 e. The van der Waals surface area contributed by atoms with Crippen LogP contribution in [0.15, 0.2) is 30.3 Å². The van der Waals surface area contributed by atoms with Crippen LogP contribution in [-0.2, 0) is 0 Å². The Balaban J connectivity index is 2.45. The van der Waals surface area contributed by atoms with Gasteiger partial charge in [0, 0.05) is 11.9 Å². The monoisotopic (exact) mass is 273 g/mol. The number of hydrogen-bond acceptors (Lipinski definition) is 3. The maximum Gasteiger partial charge on any atom is 0.136 e. The first-order valence-electron chi connectivity index (χ1n) is 6.30. The van der Waals surface area contributed by atoms with Gasteiger partial charge in [-0.3, -0.25) is 0 Å². The van der Waals surface area contributed by atoms with Gasteiger partial charge in [0.15, 0.2) is 0 Å². The molecule has 1 aromatic heterocycles. The summed E-state index contributed by atoms with van der Waals surface area (Å²) in [5, 5.41) is 4.40. The van der Waals surface area contributed by atoms with E-state index in [1.54, 1.807) is 0 Å². The summed E-state index contributed by atoms with van der Waals surface area (Å²) in [5.74, 6) is 0.765. The van der Waals surface area contributed by atoms with E-state index in [1.807, 2.05) is 30.3 Å². The van der Waals surface area contributed by atoms with Crippen molar-refractivity contribution in [2.45, 2.75) is 20.8 Å². The summed E-state index contributed by atoms with van der Waals surface area (Å²) in [6.45, 7) is 7.32. The van der Waals surface area contributed by atoms with Gasteiger partial charge in [-0.15, -0.1) is 0 Å². The molecule has 0 aliphatic heterocycles. The van der Waals surface area contributed by atoms with Gasteiger partial charge < -0.3 is 11.1 Å². The van der Waals surface area contributed by atoms with Gasteiger partial charge >= 0.3 is 0 Å². The molecular weight excluding hydrogens is 254 g/mol. The SMILES string of the molecule is CC(C)(C)CNc1nc2ccccc2cc1C(N)=S. The molecule has 0 fully saturated rings. The molecule has 0 bridgehead atoms. The van der Waals surface area contributed by atoms with Crippen molar-refractivity contribution in [2.75, 3.05) is 11.9 Å². The average molecular weight is 273 g/mol. The molecule has 0 aliphatic carbocycles. The molecule has 0 amide bonds. The first-order valence-corrected chi connectivity index (χ1v) is 6.71. The van der Waals surface area contributed by atoms with E-state index in [0.29, 0.717) is 4.99 Å². The number of para-hydroxylation sites is 1. The van der Waals surface area contributed by atoms with Crippen molar-refractivity contribution in [3.05, 3.63) is 35.9 Å². The molecule has 0 aliphatic rings. The Labute approximate surface area is 119 Å². The maximum absolute atomic E-state index is 5.80. The van der Waals surface area contributed by atoms with E-state index in [9.17, 15) is 0 Å². The summed E-state index contributed by atoms with van der Waals surface area (Å²) in [6.07, 6.45) is 0. The number of fused-ring (bicyclic) bond motifs is 1. The minimum atomic E-state index is 0.167. The quantitative estimate of drug-likeness (QED) is 0.842. The van der Waals surface area contributed by atoms with Gasteiger partial charge in [-0.05, 0) is 17.5 Å². The number of rotatable bonds is 3. The van der Waals surface area contributed by atoms with E-state index in [0.717, 1.165) is 28.8 Å². The minimum absolute atomic E-state index is 0.167. The van der Waals surface area contributed by atoms with E-state index in [4.69, 9.17) is 18.0 Å². The molecule has 3 nitrogen and oxygen atoms in total. The summed E-state index contributed by atoms with van der Waals surface area (Å²) >= 11 is 5.12. The summed E-state index contributed by atoms with van der Waals surface area (Å²) in [6, 6.07) is 9.95. The Morgan fingerprint density at radius 1 is 1.32 bits per heavy atom. The zero-order valence-corrected chi connectivity index (χ0v) is 12.3. The van der Waals surface area contributed by atoms with Crippen LogP contribution in [0.2, 0.25) is 0 Å².